The third-order valence-corrected chi connectivity index (χ3v) is 10.8. The average Bonchev–Trinajstić information content (AvgIpc) is 3.56. The number of benzene rings is 5. The van der Waals surface area contributed by atoms with Crippen LogP contribution in [0.25, 0.3) is 16.6 Å². The summed E-state index contributed by atoms with van der Waals surface area (Å²) >= 11 is 0. The highest BCUT2D eigenvalue weighted by Gasteiger charge is 2.93. The molecular formula is C40H30N4O4. The summed E-state index contributed by atoms with van der Waals surface area (Å²) in [5.74, 6) is -1.36. The lowest BCUT2D eigenvalue weighted by Crippen LogP contribution is -2.56. The Morgan fingerprint density at radius 1 is 0.771 bits per heavy atom. The second-order valence-corrected chi connectivity index (χ2v) is 12.8. The Bertz CT molecular complexity index is 2330. The maximum atomic E-state index is 14.6. The summed E-state index contributed by atoms with van der Waals surface area (Å²) in [4.78, 5) is 46.3. The van der Waals surface area contributed by atoms with Crippen LogP contribution in [0.2, 0.25) is 0 Å². The number of carboxylic acid groups (broad SMARTS) is 1. The first-order chi connectivity index (χ1) is 23.5. The predicted molar refractivity (Wildman–Crippen MR) is 181 cm³/mol. The number of aromatic nitrogens is 2. The van der Waals surface area contributed by atoms with Crippen molar-refractivity contribution in [3.05, 3.63) is 178 Å². The van der Waals surface area contributed by atoms with E-state index in [0.717, 1.165) is 22.3 Å². The molecule has 5 atom stereocenters. The second-order valence-electron chi connectivity index (χ2n) is 12.8. The van der Waals surface area contributed by atoms with E-state index in [-0.39, 0.29) is 11.5 Å². The minimum atomic E-state index is -1.20. The lowest BCUT2D eigenvalue weighted by Gasteiger charge is -2.38. The summed E-state index contributed by atoms with van der Waals surface area (Å²) < 4.78 is 1.71. The highest BCUT2D eigenvalue weighted by molar-refractivity contribution is 5.93. The average molecular weight is 631 g/mol. The van der Waals surface area contributed by atoms with Gasteiger partial charge in [0, 0.05) is 22.3 Å². The molecule has 1 amide bonds. The third-order valence-electron chi connectivity index (χ3n) is 10.8. The Hall–Kier alpha value is -5.86. The molecule has 6 aromatic rings. The number of amides is 1. The molecule has 234 valence electrons. The van der Waals surface area contributed by atoms with E-state index < -0.39 is 40.8 Å². The number of fused-ring (bicyclic) bond motifs is 8. The molecule has 9 rings (SSSR count). The van der Waals surface area contributed by atoms with Gasteiger partial charge in [0.05, 0.1) is 22.6 Å². The molecule has 1 aliphatic carbocycles. The normalized spacial score (nSPS) is 26.1. The number of carbonyl (C=O) groups excluding carboxylic acids is 1. The molecule has 1 unspecified atom stereocenters. The van der Waals surface area contributed by atoms with Crippen LogP contribution in [0.15, 0.2) is 144 Å². The Labute approximate surface area is 275 Å². The Balaban J connectivity index is 1.48. The monoisotopic (exact) mass is 630 g/mol. The molecule has 3 N–H and O–H groups in total. The number of hydrogen-bond acceptors (Lipinski definition) is 5. The van der Waals surface area contributed by atoms with Gasteiger partial charge in [0.15, 0.2) is 0 Å². The lowest BCUT2D eigenvalue weighted by atomic mass is 9.68. The zero-order valence-electron chi connectivity index (χ0n) is 25.7. The second kappa shape index (κ2) is 10.1. The summed E-state index contributed by atoms with van der Waals surface area (Å²) in [5, 5.41) is 16.7. The maximum Gasteiger partial charge on any atom is 0.322 e. The summed E-state index contributed by atoms with van der Waals surface area (Å²) in [7, 11) is 0. The van der Waals surface area contributed by atoms with E-state index in [0.29, 0.717) is 22.4 Å². The van der Waals surface area contributed by atoms with Gasteiger partial charge in [-0.1, -0.05) is 121 Å². The summed E-state index contributed by atoms with van der Waals surface area (Å²) in [5.41, 5.74) is 1.80. The van der Waals surface area contributed by atoms with Gasteiger partial charge in [-0.05, 0) is 34.9 Å². The van der Waals surface area contributed by atoms with Crippen LogP contribution in [-0.2, 0) is 26.0 Å². The molecule has 3 aliphatic rings. The van der Waals surface area contributed by atoms with Gasteiger partial charge in [0.1, 0.15) is 17.9 Å². The molecule has 8 nitrogen and oxygen atoms in total. The Morgan fingerprint density at radius 2 is 1.38 bits per heavy atom. The number of rotatable bonds is 6. The van der Waals surface area contributed by atoms with Gasteiger partial charge >= 0.3 is 5.97 Å². The fraction of sp³-hybridized carbons (Fsp3) is 0.150. The van der Waals surface area contributed by atoms with E-state index in [1.807, 2.05) is 97.1 Å². The topological polar surface area (TPSA) is 113 Å². The van der Waals surface area contributed by atoms with Crippen LogP contribution in [0, 0.1) is 0 Å². The quantitative estimate of drug-likeness (QED) is 0.244. The van der Waals surface area contributed by atoms with Crippen LogP contribution in [0.5, 0.6) is 0 Å². The van der Waals surface area contributed by atoms with Crippen LogP contribution in [0.1, 0.15) is 34.0 Å². The zero-order chi connectivity index (χ0) is 32.7. The van der Waals surface area contributed by atoms with Gasteiger partial charge in [-0.25, -0.2) is 4.98 Å². The van der Waals surface area contributed by atoms with E-state index in [4.69, 9.17) is 4.98 Å². The molecule has 5 aromatic carbocycles. The largest absolute Gasteiger partial charge is 0.480 e. The van der Waals surface area contributed by atoms with Crippen molar-refractivity contribution in [1.29, 1.82) is 0 Å². The number of nitrogens with one attached hydrogen (secondary N) is 2. The number of piperidine rings is 1. The molecule has 1 saturated heterocycles. The van der Waals surface area contributed by atoms with Gasteiger partial charge in [-0.2, -0.15) is 0 Å². The maximum absolute atomic E-state index is 14.6. The molecule has 1 spiro atoms. The van der Waals surface area contributed by atoms with E-state index >= 15 is 0 Å². The minimum absolute atomic E-state index is 0.189. The van der Waals surface area contributed by atoms with Gasteiger partial charge in [0.25, 0.3) is 5.56 Å². The van der Waals surface area contributed by atoms with Crippen LogP contribution >= 0.6 is 0 Å². The number of nitrogens with zero attached hydrogens (tertiary/aromatic N) is 2. The fourth-order valence-electron chi connectivity index (χ4n) is 9.40. The van der Waals surface area contributed by atoms with Gasteiger partial charge in [-0.15, -0.1) is 0 Å². The molecule has 3 heterocycles. The summed E-state index contributed by atoms with van der Waals surface area (Å²) in [6.45, 7) is -0.529. The van der Waals surface area contributed by atoms with Crippen molar-refractivity contribution in [3.63, 3.8) is 0 Å². The van der Waals surface area contributed by atoms with Crippen LogP contribution < -0.4 is 16.2 Å². The molecule has 1 saturated carbocycles. The molecular weight excluding hydrogens is 600 g/mol. The zero-order valence-corrected chi connectivity index (χ0v) is 25.7. The predicted octanol–water partition coefficient (Wildman–Crippen LogP) is 4.79. The number of carboxylic acids is 1. The fourth-order valence-corrected chi connectivity index (χ4v) is 9.40. The third kappa shape index (κ3) is 3.32. The van der Waals surface area contributed by atoms with E-state index in [9.17, 15) is 19.5 Å². The lowest BCUT2D eigenvalue weighted by molar-refractivity contribution is -0.138. The SMILES string of the molecule is O=C(O)CNC(=O)[C@@H]1NC2(c3ccccc3-n3c2nc2ccccc2c3=O)[C@@]2(c3ccccc3)[C@H](c3ccccc3)[C@@]12c1ccccc1. The summed E-state index contributed by atoms with van der Waals surface area (Å²) in [6.07, 6.45) is 0. The highest BCUT2D eigenvalue weighted by atomic mass is 16.4. The molecule has 0 radical (unpaired) electrons. The number of hydrogen-bond donors (Lipinski definition) is 3. The van der Waals surface area contributed by atoms with Crippen LogP contribution in [0.4, 0.5) is 0 Å². The van der Waals surface area contributed by atoms with Gasteiger partial charge in [-0.3, -0.25) is 24.3 Å². The van der Waals surface area contributed by atoms with E-state index in [1.165, 1.54) is 0 Å². The van der Waals surface area contributed by atoms with Crippen LogP contribution in [-0.4, -0.2) is 39.1 Å². The van der Waals surface area contributed by atoms with E-state index in [2.05, 4.69) is 47.0 Å². The molecule has 8 heteroatoms. The molecule has 2 aliphatic heterocycles. The molecule has 48 heavy (non-hydrogen) atoms. The van der Waals surface area contributed by atoms with Crippen molar-refractivity contribution >= 4 is 22.8 Å². The van der Waals surface area contributed by atoms with Crippen molar-refractivity contribution in [2.75, 3.05) is 6.54 Å². The van der Waals surface area contributed by atoms with Crippen molar-refractivity contribution in [2.24, 2.45) is 0 Å². The number of carbonyl (C=O) groups is 2. The van der Waals surface area contributed by atoms with E-state index in [1.54, 1.807) is 10.6 Å². The molecule has 0 bridgehead atoms. The Morgan fingerprint density at radius 3 is 2.08 bits per heavy atom. The van der Waals surface area contributed by atoms with Gasteiger partial charge < -0.3 is 10.4 Å². The minimum Gasteiger partial charge on any atom is -0.480 e. The molecule has 1 aromatic heterocycles. The van der Waals surface area contributed by atoms with Crippen molar-refractivity contribution in [2.45, 2.75) is 28.3 Å². The number of aliphatic carboxylic acids is 1. The first kappa shape index (κ1) is 28.4. The van der Waals surface area contributed by atoms with Crippen molar-refractivity contribution in [3.8, 4) is 5.69 Å². The van der Waals surface area contributed by atoms with Crippen molar-refractivity contribution in [1.82, 2.24) is 20.2 Å². The first-order valence-corrected chi connectivity index (χ1v) is 16.0. The summed E-state index contributed by atoms with van der Waals surface area (Å²) in [6, 6.07) is 44.7. The smallest absolute Gasteiger partial charge is 0.322 e. The van der Waals surface area contributed by atoms with Gasteiger partial charge in [0.2, 0.25) is 5.91 Å². The highest BCUT2D eigenvalue weighted by Crippen LogP contribution is 2.86. The van der Waals surface area contributed by atoms with Crippen molar-refractivity contribution < 1.29 is 14.7 Å². The van der Waals surface area contributed by atoms with Crippen LogP contribution in [0.3, 0.4) is 0 Å². The first-order valence-electron chi connectivity index (χ1n) is 16.0. The molecule has 2 fully saturated rings. The number of para-hydroxylation sites is 2. The standard InChI is InChI=1S/C40H30N4O4/c45-32(46)24-41-35(47)34-38(26-16-6-2-7-17-26)33(25-14-4-1-5-15-25)39(38,27-18-8-3-9-19-27)40(43-34)29-21-11-13-23-31(29)44-36(48)28-20-10-12-22-30(28)42-37(40)44/h1-23,33-34,43H,24H2,(H,41,47)(H,45,46)/t33-,34+,38+,39+,40?/m1/s1. The Kier molecular flexibility index (Phi) is 5.95.